The van der Waals surface area contributed by atoms with Crippen molar-refractivity contribution >= 4 is 5.97 Å². The molecule has 102 valence electrons. The van der Waals surface area contributed by atoms with Crippen LogP contribution in [0.4, 0.5) is 0 Å². The molecule has 2 N–H and O–H groups in total. The number of rotatable bonds is 2. The van der Waals surface area contributed by atoms with E-state index < -0.39 is 11.4 Å². The van der Waals surface area contributed by atoms with Crippen molar-refractivity contribution in [1.29, 1.82) is 0 Å². The predicted octanol–water partition coefficient (Wildman–Crippen LogP) is 2.71. The molecule has 0 atom stereocenters. The van der Waals surface area contributed by atoms with Gasteiger partial charge in [0.1, 0.15) is 5.75 Å². The number of hydrogen-bond acceptors (Lipinski definition) is 3. The normalized spacial score (nSPS) is 21.1. The van der Waals surface area contributed by atoms with E-state index in [2.05, 4.69) is 0 Å². The zero-order valence-corrected chi connectivity index (χ0v) is 10.8. The van der Waals surface area contributed by atoms with Crippen LogP contribution in [0.25, 0.3) is 0 Å². The third-order valence-corrected chi connectivity index (χ3v) is 4.47. The first kappa shape index (κ1) is 12.5. The number of phenols is 1. The fourth-order valence-electron chi connectivity index (χ4n) is 3.35. The minimum Gasteiger partial charge on any atom is -0.508 e. The Kier molecular flexibility index (Phi) is 2.97. The van der Waals surface area contributed by atoms with E-state index in [4.69, 9.17) is 4.74 Å². The van der Waals surface area contributed by atoms with E-state index in [1.807, 2.05) is 6.07 Å². The number of hydrogen-bond donors (Lipinski definition) is 2. The maximum atomic E-state index is 11.8. The summed E-state index contributed by atoms with van der Waals surface area (Å²) in [4.78, 5) is 11.8. The maximum Gasteiger partial charge on any atom is 0.314 e. The highest BCUT2D eigenvalue weighted by Gasteiger charge is 2.43. The Morgan fingerprint density at radius 2 is 1.74 bits per heavy atom. The molecule has 3 rings (SSSR count). The lowest BCUT2D eigenvalue weighted by molar-refractivity contribution is -0.145. The van der Waals surface area contributed by atoms with Gasteiger partial charge in [0.2, 0.25) is 0 Å². The molecular formula is C15H18O4. The molecular weight excluding hydrogens is 244 g/mol. The van der Waals surface area contributed by atoms with Gasteiger partial charge in [0.25, 0.3) is 0 Å². The van der Waals surface area contributed by atoms with Crippen LogP contribution in [0.1, 0.15) is 48.8 Å². The number of carbonyl (C=O) groups is 1. The summed E-state index contributed by atoms with van der Waals surface area (Å²) in [7, 11) is 0. The van der Waals surface area contributed by atoms with Crippen molar-refractivity contribution in [2.75, 3.05) is 0 Å². The number of aromatic hydroxyl groups is 1. The van der Waals surface area contributed by atoms with Gasteiger partial charge >= 0.3 is 5.97 Å². The lowest BCUT2D eigenvalue weighted by atomic mass is 9.68. The zero-order valence-electron chi connectivity index (χ0n) is 10.8. The zero-order chi connectivity index (χ0) is 13.5. The second-order valence-corrected chi connectivity index (χ2v) is 5.58. The summed E-state index contributed by atoms with van der Waals surface area (Å²) >= 11 is 0. The van der Waals surface area contributed by atoms with Crippen LogP contribution < -0.4 is 0 Å². The fourth-order valence-corrected chi connectivity index (χ4v) is 3.35. The average molecular weight is 262 g/mol. The molecule has 0 radical (unpaired) electrons. The van der Waals surface area contributed by atoms with Crippen molar-refractivity contribution in [2.45, 2.75) is 50.7 Å². The summed E-state index contributed by atoms with van der Waals surface area (Å²) in [6, 6.07) is 3.52. The minimum atomic E-state index is -0.917. The van der Waals surface area contributed by atoms with Crippen molar-refractivity contribution in [2.24, 2.45) is 0 Å². The molecule has 1 saturated carbocycles. The molecule has 0 aromatic heterocycles. The molecule has 1 fully saturated rings. The van der Waals surface area contributed by atoms with E-state index in [-0.39, 0.29) is 5.75 Å². The molecule has 0 spiro atoms. The lowest BCUT2D eigenvalue weighted by Crippen LogP contribution is -2.38. The van der Waals surface area contributed by atoms with Gasteiger partial charge in [-0.05, 0) is 36.1 Å². The first-order valence-electron chi connectivity index (χ1n) is 6.80. The monoisotopic (exact) mass is 262 g/mol. The first-order valence-corrected chi connectivity index (χ1v) is 6.80. The van der Waals surface area contributed by atoms with Gasteiger partial charge in [0.05, 0.1) is 18.6 Å². The summed E-state index contributed by atoms with van der Waals surface area (Å²) in [5.41, 5.74) is 1.64. The Balaban J connectivity index is 2.10. The van der Waals surface area contributed by atoms with Crippen molar-refractivity contribution in [1.82, 2.24) is 0 Å². The van der Waals surface area contributed by atoms with Gasteiger partial charge in [0, 0.05) is 5.56 Å². The van der Waals surface area contributed by atoms with Crippen molar-refractivity contribution in [3.8, 4) is 5.75 Å². The summed E-state index contributed by atoms with van der Waals surface area (Å²) in [6.07, 6.45) is 4.09. The SMILES string of the molecule is O=C(O)C1(c2cc3c(cc2O)COC3)CCCCC1. The van der Waals surface area contributed by atoms with Crippen LogP contribution in [-0.4, -0.2) is 16.2 Å². The largest absolute Gasteiger partial charge is 0.508 e. The molecule has 0 bridgehead atoms. The van der Waals surface area contributed by atoms with Crippen LogP contribution in [0.15, 0.2) is 12.1 Å². The highest BCUT2D eigenvalue weighted by molar-refractivity contribution is 5.83. The molecule has 1 aliphatic carbocycles. The van der Waals surface area contributed by atoms with Gasteiger partial charge in [0.15, 0.2) is 0 Å². The van der Waals surface area contributed by atoms with Crippen LogP contribution in [0.2, 0.25) is 0 Å². The van der Waals surface area contributed by atoms with Gasteiger partial charge in [-0.15, -0.1) is 0 Å². The van der Waals surface area contributed by atoms with Gasteiger partial charge in [-0.1, -0.05) is 19.3 Å². The molecule has 1 aromatic rings. The lowest BCUT2D eigenvalue weighted by Gasteiger charge is -2.34. The Labute approximate surface area is 112 Å². The smallest absolute Gasteiger partial charge is 0.314 e. The summed E-state index contributed by atoms with van der Waals surface area (Å²) < 4.78 is 5.35. The van der Waals surface area contributed by atoms with Crippen LogP contribution in [0, 0.1) is 0 Å². The van der Waals surface area contributed by atoms with E-state index in [1.54, 1.807) is 6.07 Å². The Hall–Kier alpha value is -1.55. The summed E-state index contributed by atoms with van der Waals surface area (Å²) in [5, 5.41) is 19.9. The van der Waals surface area contributed by atoms with E-state index in [9.17, 15) is 15.0 Å². The van der Waals surface area contributed by atoms with Gasteiger partial charge in [-0.3, -0.25) is 4.79 Å². The molecule has 2 aliphatic rings. The Bertz CT molecular complexity index is 515. The van der Waals surface area contributed by atoms with Gasteiger partial charge in [-0.25, -0.2) is 0 Å². The van der Waals surface area contributed by atoms with Crippen LogP contribution in [0.5, 0.6) is 5.75 Å². The molecule has 4 heteroatoms. The predicted molar refractivity (Wildman–Crippen MR) is 69.0 cm³/mol. The third kappa shape index (κ3) is 1.91. The maximum absolute atomic E-state index is 11.8. The minimum absolute atomic E-state index is 0.105. The second kappa shape index (κ2) is 4.53. The first-order chi connectivity index (χ1) is 9.13. The fraction of sp³-hybridized carbons (Fsp3) is 0.533. The van der Waals surface area contributed by atoms with E-state index >= 15 is 0 Å². The molecule has 1 aliphatic heterocycles. The number of carboxylic acid groups (broad SMARTS) is 1. The number of ether oxygens (including phenoxy) is 1. The Morgan fingerprint density at radius 1 is 1.11 bits per heavy atom. The molecule has 19 heavy (non-hydrogen) atoms. The van der Waals surface area contributed by atoms with Crippen molar-refractivity contribution in [3.63, 3.8) is 0 Å². The van der Waals surface area contributed by atoms with E-state index in [0.717, 1.165) is 30.4 Å². The van der Waals surface area contributed by atoms with Crippen LogP contribution in [0.3, 0.4) is 0 Å². The third-order valence-electron chi connectivity index (χ3n) is 4.47. The molecule has 0 saturated heterocycles. The molecule has 1 aromatic carbocycles. The number of benzene rings is 1. The van der Waals surface area contributed by atoms with Crippen molar-refractivity contribution in [3.05, 3.63) is 28.8 Å². The number of fused-ring (bicyclic) bond motifs is 1. The van der Waals surface area contributed by atoms with Gasteiger partial charge in [-0.2, -0.15) is 0 Å². The topological polar surface area (TPSA) is 66.8 Å². The quantitative estimate of drug-likeness (QED) is 0.860. The molecule has 1 heterocycles. The van der Waals surface area contributed by atoms with Crippen LogP contribution >= 0.6 is 0 Å². The highest BCUT2D eigenvalue weighted by Crippen LogP contribution is 2.44. The van der Waals surface area contributed by atoms with E-state index in [0.29, 0.717) is 31.6 Å². The number of carboxylic acids is 1. The molecule has 0 unspecified atom stereocenters. The Morgan fingerprint density at radius 3 is 2.37 bits per heavy atom. The summed E-state index contributed by atoms with van der Waals surface area (Å²) in [6.45, 7) is 1.02. The molecule has 0 amide bonds. The standard InChI is InChI=1S/C15H18O4/c16-13-7-11-9-19-8-10(11)6-12(13)15(14(17)18)4-2-1-3-5-15/h6-7,16H,1-5,8-9H2,(H,17,18). The van der Waals surface area contributed by atoms with Gasteiger partial charge < -0.3 is 14.9 Å². The second-order valence-electron chi connectivity index (χ2n) is 5.58. The molecule has 4 nitrogen and oxygen atoms in total. The van der Waals surface area contributed by atoms with E-state index in [1.165, 1.54) is 0 Å². The van der Waals surface area contributed by atoms with Crippen molar-refractivity contribution < 1.29 is 19.7 Å². The highest BCUT2D eigenvalue weighted by atomic mass is 16.5. The number of phenolic OH excluding ortho intramolecular Hbond substituents is 1. The number of aliphatic carboxylic acids is 1. The summed E-state index contributed by atoms with van der Waals surface area (Å²) in [5.74, 6) is -0.713. The average Bonchev–Trinajstić information content (AvgIpc) is 2.85. The van der Waals surface area contributed by atoms with Crippen LogP contribution in [-0.2, 0) is 28.2 Å².